The van der Waals surface area contributed by atoms with Gasteiger partial charge in [0.15, 0.2) is 0 Å². The lowest BCUT2D eigenvalue weighted by Gasteiger charge is -2.43. The molecule has 2 aliphatic heterocycles. The molecule has 0 aromatic heterocycles. The van der Waals surface area contributed by atoms with Crippen LogP contribution in [0.1, 0.15) is 40.0 Å². The molecule has 2 rings (SSSR count). The summed E-state index contributed by atoms with van der Waals surface area (Å²) >= 11 is 0. The molecule has 0 saturated carbocycles. The Bertz CT molecular complexity index is 397. The van der Waals surface area contributed by atoms with Crippen LogP contribution in [0.4, 0.5) is 0 Å². The molecule has 2 saturated heterocycles. The molecule has 0 bridgehead atoms. The van der Waals surface area contributed by atoms with Gasteiger partial charge in [-0.15, -0.1) is 0 Å². The molecule has 1 atom stereocenters. The van der Waals surface area contributed by atoms with Crippen LogP contribution in [-0.2, 0) is 10.2 Å². The first-order valence-corrected chi connectivity index (χ1v) is 8.70. The Labute approximate surface area is 117 Å². The third-order valence-corrected chi connectivity index (χ3v) is 6.25. The zero-order valence-corrected chi connectivity index (χ0v) is 13.2. The molecule has 5 nitrogen and oxygen atoms in total. The summed E-state index contributed by atoms with van der Waals surface area (Å²) in [4.78, 5) is 0. The van der Waals surface area contributed by atoms with Crippen molar-refractivity contribution in [3.8, 4) is 0 Å². The lowest BCUT2D eigenvalue weighted by molar-refractivity contribution is 0.181. The summed E-state index contributed by atoms with van der Waals surface area (Å²) in [7, 11) is -3.28. The fourth-order valence-corrected chi connectivity index (χ4v) is 5.09. The minimum Gasteiger partial charge on any atom is -0.316 e. The second-order valence-corrected chi connectivity index (χ2v) is 8.53. The van der Waals surface area contributed by atoms with Crippen molar-refractivity contribution in [2.45, 2.75) is 45.6 Å². The van der Waals surface area contributed by atoms with Gasteiger partial charge < -0.3 is 5.32 Å². The second kappa shape index (κ2) is 5.68. The molecule has 19 heavy (non-hydrogen) atoms. The standard InChI is InChI=1S/C13H27N3O2S/c1-13(2,3)16-9-5-8-15(19(16,17)18)11-12-6-4-7-14-10-12/h12,14H,4-11H2,1-3H3. The molecular formula is C13H27N3O2S. The Kier molecular flexibility index (Phi) is 4.55. The van der Waals surface area contributed by atoms with Gasteiger partial charge >= 0.3 is 0 Å². The molecule has 2 aliphatic rings. The van der Waals surface area contributed by atoms with E-state index < -0.39 is 10.2 Å². The zero-order valence-electron chi connectivity index (χ0n) is 12.4. The first kappa shape index (κ1) is 15.2. The third-order valence-electron chi connectivity index (χ3n) is 3.98. The van der Waals surface area contributed by atoms with E-state index in [1.807, 2.05) is 20.8 Å². The van der Waals surface area contributed by atoms with Crippen molar-refractivity contribution in [1.29, 1.82) is 0 Å². The molecular weight excluding hydrogens is 262 g/mol. The van der Waals surface area contributed by atoms with Crippen LogP contribution in [0.3, 0.4) is 0 Å². The maximum absolute atomic E-state index is 12.7. The number of rotatable bonds is 2. The van der Waals surface area contributed by atoms with Gasteiger partial charge in [0.25, 0.3) is 10.2 Å². The highest BCUT2D eigenvalue weighted by Gasteiger charge is 2.40. The molecule has 0 aliphatic carbocycles. The number of nitrogens with zero attached hydrogens (tertiary/aromatic N) is 2. The molecule has 6 heteroatoms. The smallest absolute Gasteiger partial charge is 0.282 e. The van der Waals surface area contributed by atoms with E-state index in [2.05, 4.69) is 5.32 Å². The van der Waals surface area contributed by atoms with Crippen LogP contribution in [0.2, 0.25) is 0 Å². The fraction of sp³-hybridized carbons (Fsp3) is 1.00. The molecule has 0 aromatic rings. The van der Waals surface area contributed by atoms with E-state index in [1.165, 1.54) is 0 Å². The van der Waals surface area contributed by atoms with E-state index >= 15 is 0 Å². The van der Waals surface area contributed by atoms with E-state index in [9.17, 15) is 8.42 Å². The highest BCUT2D eigenvalue weighted by molar-refractivity contribution is 7.86. The summed E-state index contributed by atoms with van der Waals surface area (Å²) in [5.74, 6) is 0.462. The van der Waals surface area contributed by atoms with Crippen molar-refractivity contribution in [2.75, 3.05) is 32.7 Å². The molecule has 1 N–H and O–H groups in total. The normalized spacial score (nSPS) is 30.4. The van der Waals surface area contributed by atoms with Gasteiger partial charge in [0.2, 0.25) is 0 Å². The summed E-state index contributed by atoms with van der Waals surface area (Å²) in [5, 5.41) is 3.36. The van der Waals surface area contributed by atoms with E-state index in [4.69, 9.17) is 0 Å². The average Bonchev–Trinajstić information content (AvgIpc) is 2.31. The molecule has 0 spiro atoms. The van der Waals surface area contributed by atoms with Gasteiger partial charge in [0, 0.05) is 25.2 Å². The number of piperidine rings is 1. The maximum Gasteiger partial charge on any atom is 0.282 e. The Morgan fingerprint density at radius 2 is 1.95 bits per heavy atom. The monoisotopic (exact) mass is 289 g/mol. The van der Waals surface area contributed by atoms with Crippen LogP contribution >= 0.6 is 0 Å². The molecule has 112 valence electrons. The summed E-state index contributed by atoms with van der Waals surface area (Å²) < 4.78 is 28.7. The van der Waals surface area contributed by atoms with Gasteiger partial charge in [0.1, 0.15) is 0 Å². The van der Waals surface area contributed by atoms with Crippen molar-refractivity contribution >= 4 is 10.2 Å². The van der Waals surface area contributed by atoms with Crippen molar-refractivity contribution in [1.82, 2.24) is 13.9 Å². The topological polar surface area (TPSA) is 52.6 Å². The van der Waals surface area contributed by atoms with Gasteiger partial charge in [-0.2, -0.15) is 17.0 Å². The highest BCUT2D eigenvalue weighted by atomic mass is 32.2. The Morgan fingerprint density at radius 1 is 1.21 bits per heavy atom. The molecule has 2 heterocycles. The van der Waals surface area contributed by atoms with Crippen LogP contribution in [-0.4, -0.2) is 55.3 Å². The predicted octanol–water partition coefficient (Wildman–Crippen LogP) is 1.04. The van der Waals surface area contributed by atoms with Gasteiger partial charge in [-0.1, -0.05) is 0 Å². The lowest BCUT2D eigenvalue weighted by Crippen LogP contribution is -2.57. The predicted molar refractivity (Wildman–Crippen MR) is 77.2 cm³/mol. The van der Waals surface area contributed by atoms with Crippen LogP contribution in [0, 0.1) is 5.92 Å². The van der Waals surface area contributed by atoms with E-state index in [0.717, 1.165) is 32.4 Å². The van der Waals surface area contributed by atoms with E-state index in [0.29, 0.717) is 25.6 Å². The van der Waals surface area contributed by atoms with Crippen LogP contribution in [0.5, 0.6) is 0 Å². The van der Waals surface area contributed by atoms with Crippen molar-refractivity contribution in [3.05, 3.63) is 0 Å². The summed E-state index contributed by atoms with van der Waals surface area (Å²) in [5.41, 5.74) is -0.331. The Morgan fingerprint density at radius 3 is 2.53 bits per heavy atom. The largest absolute Gasteiger partial charge is 0.316 e. The van der Waals surface area contributed by atoms with E-state index in [1.54, 1.807) is 8.61 Å². The van der Waals surface area contributed by atoms with Gasteiger partial charge in [-0.25, -0.2) is 0 Å². The molecule has 0 aromatic carbocycles. The van der Waals surface area contributed by atoms with Gasteiger partial charge in [-0.3, -0.25) is 0 Å². The second-order valence-electron chi connectivity index (χ2n) is 6.67. The first-order chi connectivity index (χ1) is 8.82. The van der Waals surface area contributed by atoms with Crippen LogP contribution < -0.4 is 5.32 Å². The SMILES string of the molecule is CC(C)(C)N1CCCN(CC2CCCNC2)S1(=O)=O. The van der Waals surface area contributed by atoms with Crippen LogP contribution in [0.25, 0.3) is 0 Å². The number of nitrogens with one attached hydrogen (secondary N) is 1. The minimum absolute atomic E-state index is 0.331. The first-order valence-electron chi connectivity index (χ1n) is 7.30. The number of hydrogen-bond acceptors (Lipinski definition) is 3. The molecule has 2 fully saturated rings. The fourth-order valence-electron chi connectivity index (χ4n) is 3.00. The Balaban J connectivity index is 2.07. The lowest BCUT2D eigenvalue weighted by atomic mass is 10.00. The van der Waals surface area contributed by atoms with E-state index in [-0.39, 0.29) is 5.54 Å². The summed E-state index contributed by atoms with van der Waals surface area (Å²) in [6.07, 6.45) is 3.22. The van der Waals surface area contributed by atoms with Crippen molar-refractivity contribution in [2.24, 2.45) is 5.92 Å². The summed E-state index contributed by atoms with van der Waals surface area (Å²) in [6.45, 7) is 9.90. The van der Waals surface area contributed by atoms with Gasteiger partial charge in [-0.05, 0) is 59.0 Å². The average molecular weight is 289 g/mol. The molecule has 1 unspecified atom stereocenters. The zero-order chi connectivity index (χ0) is 14.1. The highest BCUT2D eigenvalue weighted by Crippen LogP contribution is 2.26. The Hall–Kier alpha value is -0.170. The number of hydrogen-bond donors (Lipinski definition) is 1. The molecule has 0 amide bonds. The minimum atomic E-state index is -3.28. The quantitative estimate of drug-likeness (QED) is 0.826. The van der Waals surface area contributed by atoms with Crippen molar-refractivity contribution < 1.29 is 8.42 Å². The maximum atomic E-state index is 12.7. The van der Waals surface area contributed by atoms with Gasteiger partial charge in [0.05, 0.1) is 0 Å². The summed E-state index contributed by atoms with van der Waals surface area (Å²) in [6, 6.07) is 0. The third kappa shape index (κ3) is 3.48. The van der Waals surface area contributed by atoms with Crippen LogP contribution in [0.15, 0.2) is 0 Å². The van der Waals surface area contributed by atoms with Crippen molar-refractivity contribution in [3.63, 3.8) is 0 Å². The molecule has 0 radical (unpaired) electrons.